The predicted octanol–water partition coefficient (Wildman–Crippen LogP) is 6.63. The van der Waals surface area contributed by atoms with Crippen molar-refractivity contribution in [3.8, 4) is 0 Å². The average Bonchev–Trinajstić information content (AvgIpc) is 2.76. The molecule has 0 unspecified atom stereocenters. The van der Waals surface area contributed by atoms with Crippen molar-refractivity contribution < 1.29 is 9.18 Å². The maximum Gasteiger partial charge on any atom is 0.260 e. The molecule has 0 spiro atoms. The van der Waals surface area contributed by atoms with Gasteiger partial charge in [0.25, 0.3) is 5.91 Å². The molecule has 166 valence electrons. The fourth-order valence-electron chi connectivity index (χ4n) is 3.15. The number of carbonyl (C=O) groups excluding carboxylic acids is 1. The lowest BCUT2D eigenvalue weighted by molar-refractivity contribution is 0.102. The molecule has 0 radical (unpaired) electrons. The number of rotatable bonds is 6. The topological polar surface area (TPSA) is 78.9 Å². The van der Waals surface area contributed by atoms with Crippen LogP contribution in [0.15, 0.2) is 72.8 Å². The Kier molecular flexibility index (Phi) is 6.51. The van der Waals surface area contributed by atoms with Gasteiger partial charge in [0.05, 0.1) is 10.6 Å². The van der Waals surface area contributed by atoms with Crippen LogP contribution in [0.25, 0.3) is 0 Å². The van der Waals surface area contributed by atoms with E-state index in [9.17, 15) is 9.18 Å². The van der Waals surface area contributed by atoms with Crippen LogP contribution in [0.5, 0.6) is 0 Å². The van der Waals surface area contributed by atoms with Gasteiger partial charge in [-0.3, -0.25) is 4.79 Å². The molecule has 1 heterocycles. The van der Waals surface area contributed by atoms with Gasteiger partial charge >= 0.3 is 0 Å². The lowest BCUT2D eigenvalue weighted by Gasteiger charge is -2.11. The standard InChI is InChI=1S/C25H21ClFN5O/c1-15-6-8-17(9-7-15)29-22-14-16(2)28-25(32-22)31-19-12-10-18(11-13-19)30-24(33)23-20(26)4-3-5-21(23)27/h3-14H,1-2H3,(H,30,33)(H2,28,29,31,32). The Morgan fingerprint density at radius 3 is 2.18 bits per heavy atom. The number of halogens is 2. The van der Waals surface area contributed by atoms with Crippen LogP contribution in [0.1, 0.15) is 21.6 Å². The smallest absolute Gasteiger partial charge is 0.260 e. The third-order valence-electron chi connectivity index (χ3n) is 4.77. The number of hydrogen-bond acceptors (Lipinski definition) is 5. The van der Waals surface area contributed by atoms with Crippen molar-refractivity contribution in [3.63, 3.8) is 0 Å². The van der Waals surface area contributed by atoms with Gasteiger partial charge in [0.1, 0.15) is 11.6 Å². The Bertz CT molecular complexity index is 1270. The fourth-order valence-corrected chi connectivity index (χ4v) is 3.40. The zero-order chi connectivity index (χ0) is 23.4. The van der Waals surface area contributed by atoms with Crippen LogP contribution in [-0.2, 0) is 0 Å². The SMILES string of the molecule is Cc1ccc(Nc2cc(C)nc(Nc3ccc(NC(=O)c4c(F)cccc4Cl)cc3)n2)cc1. The Morgan fingerprint density at radius 2 is 1.48 bits per heavy atom. The van der Waals surface area contributed by atoms with E-state index in [2.05, 4.69) is 25.9 Å². The fraction of sp³-hybridized carbons (Fsp3) is 0.0800. The van der Waals surface area contributed by atoms with Gasteiger partial charge in [-0.25, -0.2) is 9.37 Å². The molecule has 0 aliphatic carbocycles. The first-order chi connectivity index (χ1) is 15.9. The Hall–Kier alpha value is -3.97. The lowest BCUT2D eigenvalue weighted by atomic mass is 10.2. The summed E-state index contributed by atoms with van der Waals surface area (Å²) in [6.45, 7) is 3.92. The lowest BCUT2D eigenvalue weighted by Crippen LogP contribution is -2.14. The molecule has 3 aromatic carbocycles. The number of carbonyl (C=O) groups is 1. The molecule has 0 fully saturated rings. The number of hydrogen-bond donors (Lipinski definition) is 3. The Labute approximate surface area is 195 Å². The van der Waals surface area contributed by atoms with E-state index < -0.39 is 11.7 Å². The van der Waals surface area contributed by atoms with Gasteiger partial charge in [-0.1, -0.05) is 35.4 Å². The molecule has 0 atom stereocenters. The van der Waals surface area contributed by atoms with E-state index in [0.717, 1.165) is 17.1 Å². The second-order valence-corrected chi connectivity index (χ2v) is 7.87. The van der Waals surface area contributed by atoms with Crippen molar-refractivity contribution in [3.05, 3.63) is 100 Å². The molecule has 0 saturated carbocycles. The summed E-state index contributed by atoms with van der Waals surface area (Å²) in [6.07, 6.45) is 0. The maximum atomic E-state index is 14.0. The molecule has 4 aromatic rings. The maximum absolute atomic E-state index is 14.0. The molecule has 4 rings (SSSR count). The van der Waals surface area contributed by atoms with Crippen LogP contribution < -0.4 is 16.0 Å². The van der Waals surface area contributed by atoms with Crippen LogP contribution >= 0.6 is 11.6 Å². The molecule has 6 nitrogen and oxygen atoms in total. The van der Waals surface area contributed by atoms with Crippen molar-refractivity contribution in [2.45, 2.75) is 13.8 Å². The number of amides is 1. The summed E-state index contributed by atoms with van der Waals surface area (Å²) in [7, 11) is 0. The van der Waals surface area contributed by atoms with Crippen LogP contribution in [0.4, 0.5) is 33.2 Å². The molecule has 33 heavy (non-hydrogen) atoms. The van der Waals surface area contributed by atoms with Gasteiger partial charge in [0, 0.05) is 28.8 Å². The molecule has 8 heteroatoms. The minimum absolute atomic E-state index is 0.0532. The minimum Gasteiger partial charge on any atom is -0.340 e. The van der Waals surface area contributed by atoms with Gasteiger partial charge in [0.15, 0.2) is 0 Å². The van der Waals surface area contributed by atoms with E-state index in [1.54, 1.807) is 24.3 Å². The molecule has 0 bridgehead atoms. The van der Waals surface area contributed by atoms with E-state index in [4.69, 9.17) is 11.6 Å². The molecular weight excluding hydrogens is 441 g/mol. The zero-order valence-corrected chi connectivity index (χ0v) is 18.7. The summed E-state index contributed by atoms with van der Waals surface area (Å²) < 4.78 is 14.0. The third kappa shape index (κ3) is 5.64. The summed E-state index contributed by atoms with van der Waals surface area (Å²) in [4.78, 5) is 21.3. The van der Waals surface area contributed by atoms with E-state index in [-0.39, 0.29) is 10.6 Å². The summed E-state index contributed by atoms with van der Waals surface area (Å²) in [6, 6.07) is 20.9. The highest BCUT2D eigenvalue weighted by molar-refractivity contribution is 6.34. The Morgan fingerprint density at radius 1 is 0.848 bits per heavy atom. The zero-order valence-electron chi connectivity index (χ0n) is 18.0. The molecule has 1 amide bonds. The third-order valence-corrected chi connectivity index (χ3v) is 5.08. The van der Waals surface area contributed by atoms with E-state index in [1.807, 2.05) is 44.2 Å². The van der Waals surface area contributed by atoms with Gasteiger partial charge in [-0.05, 0) is 62.4 Å². The molecule has 3 N–H and O–H groups in total. The Balaban J connectivity index is 1.45. The molecule has 1 aromatic heterocycles. The first-order valence-electron chi connectivity index (χ1n) is 10.2. The summed E-state index contributed by atoms with van der Waals surface area (Å²) in [5.74, 6) is -0.198. The second-order valence-electron chi connectivity index (χ2n) is 7.46. The molecule has 0 saturated heterocycles. The van der Waals surface area contributed by atoms with Crippen molar-refractivity contribution in [2.24, 2.45) is 0 Å². The van der Waals surface area contributed by atoms with Gasteiger partial charge in [-0.2, -0.15) is 4.98 Å². The van der Waals surface area contributed by atoms with Crippen molar-refractivity contribution >= 4 is 46.3 Å². The monoisotopic (exact) mass is 461 g/mol. The van der Waals surface area contributed by atoms with E-state index >= 15 is 0 Å². The first-order valence-corrected chi connectivity index (χ1v) is 10.6. The average molecular weight is 462 g/mol. The summed E-state index contributed by atoms with van der Waals surface area (Å²) >= 11 is 5.96. The van der Waals surface area contributed by atoms with Gasteiger partial charge < -0.3 is 16.0 Å². The summed E-state index contributed by atoms with van der Waals surface area (Å²) in [5.41, 5.74) is 3.94. The highest BCUT2D eigenvalue weighted by atomic mass is 35.5. The number of nitrogens with one attached hydrogen (secondary N) is 3. The largest absolute Gasteiger partial charge is 0.340 e. The number of benzene rings is 3. The molecule has 0 aliphatic heterocycles. The number of nitrogens with zero attached hydrogens (tertiary/aromatic N) is 2. The van der Waals surface area contributed by atoms with Crippen molar-refractivity contribution in [1.82, 2.24) is 9.97 Å². The quantitative estimate of drug-likeness (QED) is 0.300. The normalized spacial score (nSPS) is 10.5. The summed E-state index contributed by atoms with van der Waals surface area (Å²) in [5, 5.41) is 9.13. The van der Waals surface area contributed by atoms with E-state index in [1.165, 1.54) is 23.8 Å². The van der Waals surface area contributed by atoms with E-state index in [0.29, 0.717) is 17.5 Å². The highest BCUT2D eigenvalue weighted by Gasteiger charge is 2.15. The first kappa shape index (κ1) is 22.2. The predicted molar refractivity (Wildman–Crippen MR) is 130 cm³/mol. The highest BCUT2D eigenvalue weighted by Crippen LogP contribution is 2.23. The minimum atomic E-state index is -0.676. The number of anilines is 5. The van der Waals surface area contributed by atoms with Crippen LogP contribution in [0, 0.1) is 19.7 Å². The number of aryl methyl sites for hydroxylation is 2. The van der Waals surface area contributed by atoms with Crippen molar-refractivity contribution in [1.29, 1.82) is 0 Å². The second kappa shape index (κ2) is 9.67. The molecule has 0 aliphatic rings. The van der Waals surface area contributed by atoms with Crippen LogP contribution in [0.3, 0.4) is 0 Å². The van der Waals surface area contributed by atoms with Gasteiger partial charge in [-0.15, -0.1) is 0 Å². The number of aromatic nitrogens is 2. The molecular formula is C25H21ClFN5O. The van der Waals surface area contributed by atoms with Gasteiger partial charge in [0.2, 0.25) is 5.95 Å². The van der Waals surface area contributed by atoms with Crippen molar-refractivity contribution in [2.75, 3.05) is 16.0 Å². The van der Waals surface area contributed by atoms with Crippen LogP contribution in [-0.4, -0.2) is 15.9 Å². The van der Waals surface area contributed by atoms with Crippen LogP contribution in [0.2, 0.25) is 5.02 Å².